The van der Waals surface area contributed by atoms with E-state index < -0.39 is 6.09 Å². The third kappa shape index (κ3) is 5.28. The lowest BCUT2D eigenvalue weighted by atomic mass is 10.1. The number of hydrogen-bond donors (Lipinski definition) is 0. The van der Waals surface area contributed by atoms with Crippen molar-refractivity contribution in [3.05, 3.63) is 54.1 Å². The van der Waals surface area contributed by atoms with Crippen molar-refractivity contribution in [3.63, 3.8) is 0 Å². The first-order chi connectivity index (χ1) is 11.2. The van der Waals surface area contributed by atoms with Crippen LogP contribution in [0, 0.1) is 0 Å². The third-order valence-electron chi connectivity index (χ3n) is 3.22. The average molecular weight is 329 g/mol. The zero-order chi connectivity index (χ0) is 17.7. The number of nitrogens with zero attached hydrogens (tertiary/aromatic N) is 2. The van der Waals surface area contributed by atoms with E-state index in [9.17, 15) is 4.79 Å². The molecule has 0 fully saturated rings. The highest BCUT2D eigenvalue weighted by atomic mass is 16.6. The van der Waals surface area contributed by atoms with Crippen LogP contribution in [0.15, 0.2) is 48.5 Å². The Bertz CT molecular complexity index is 692. The van der Waals surface area contributed by atoms with Gasteiger partial charge in [0.05, 0.1) is 26.7 Å². The Hall–Kier alpha value is -2.53. The van der Waals surface area contributed by atoms with Gasteiger partial charge in [0, 0.05) is 14.1 Å². The molecule has 0 aliphatic rings. The summed E-state index contributed by atoms with van der Waals surface area (Å²) >= 11 is 0. The van der Waals surface area contributed by atoms with Gasteiger partial charge in [-0.15, -0.1) is 0 Å². The van der Waals surface area contributed by atoms with Gasteiger partial charge >= 0.3 is 6.09 Å². The van der Waals surface area contributed by atoms with Gasteiger partial charge in [-0.25, -0.2) is 4.79 Å². The molecule has 24 heavy (non-hydrogen) atoms. The molecule has 0 saturated heterocycles. The molecular weight excluding hydrogens is 304 g/mol. The summed E-state index contributed by atoms with van der Waals surface area (Å²) in [6.45, 7) is 0.710. The van der Waals surface area contributed by atoms with E-state index in [1.54, 1.807) is 20.2 Å². The number of amides is 1. The maximum atomic E-state index is 11.9. The fourth-order valence-electron chi connectivity index (χ4n) is 2.16. The van der Waals surface area contributed by atoms with Crippen LogP contribution in [0.1, 0.15) is 5.56 Å². The Labute approximate surface area is 143 Å². The molecule has 0 saturated carbocycles. The minimum atomic E-state index is -0.394. The quantitative estimate of drug-likeness (QED) is 0.784. The smallest absolute Gasteiger partial charge is 0.414 e. The first kappa shape index (κ1) is 17.8. The number of rotatable bonds is 5. The SMILES string of the molecule is CN(C)C(=O)Oc1ccc(Oc2ccccc2)cc1C[N+](C)(C)C. The summed E-state index contributed by atoms with van der Waals surface area (Å²) in [6.07, 6.45) is -0.394. The number of quaternary nitrogens is 1. The lowest BCUT2D eigenvalue weighted by molar-refractivity contribution is -0.884. The normalized spacial score (nSPS) is 11.0. The Balaban J connectivity index is 2.29. The van der Waals surface area contributed by atoms with Crippen LogP contribution in [0.4, 0.5) is 4.79 Å². The number of para-hydroxylation sites is 1. The standard InChI is InChI=1S/C19H25N2O3/c1-20(2)19(22)24-18-12-11-17(13-15(18)14-21(3,4)5)23-16-9-7-6-8-10-16/h6-13H,14H2,1-5H3/q+1. The molecule has 0 atom stereocenters. The van der Waals surface area contributed by atoms with Gasteiger partial charge in [0.1, 0.15) is 23.8 Å². The number of benzene rings is 2. The number of carbonyl (C=O) groups excluding carboxylic acids is 1. The van der Waals surface area contributed by atoms with E-state index in [4.69, 9.17) is 9.47 Å². The van der Waals surface area contributed by atoms with Gasteiger partial charge in [0.15, 0.2) is 0 Å². The van der Waals surface area contributed by atoms with Crippen molar-refractivity contribution in [2.75, 3.05) is 35.2 Å². The van der Waals surface area contributed by atoms with Gasteiger partial charge < -0.3 is 18.9 Å². The molecule has 0 heterocycles. The molecular formula is C19H25N2O3+. The van der Waals surface area contributed by atoms with Gasteiger partial charge in [0.2, 0.25) is 0 Å². The average Bonchev–Trinajstić information content (AvgIpc) is 2.49. The third-order valence-corrected chi connectivity index (χ3v) is 3.22. The largest absolute Gasteiger partial charge is 0.457 e. The summed E-state index contributed by atoms with van der Waals surface area (Å²) in [5, 5.41) is 0. The molecule has 5 heteroatoms. The van der Waals surface area contributed by atoms with Crippen molar-refractivity contribution in [1.82, 2.24) is 4.90 Å². The molecule has 0 aliphatic carbocycles. The molecule has 0 aliphatic heterocycles. The maximum Gasteiger partial charge on any atom is 0.414 e. The van der Waals surface area contributed by atoms with Crippen LogP contribution >= 0.6 is 0 Å². The highest BCUT2D eigenvalue weighted by Gasteiger charge is 2.18. The molecule has 0 N–H and O–H groups in total. The van der Waals surface area contributed by atoms with E-state index in [0.717, 1.165) is 11.3 Å². The summed E-state index contributed by atoms with van der Waals surface area (Å²) in [5.74, 6) is 2.04. The highest BCUT2D eigenvalue weighted by molar-refractivity contribution is 5.70. The molecule has 2 aromatic rings. The Kier molecular flexibility index (Phi) is 5.46. The second-order valence-corrected chi connectivity index (χ2v) is 6.90. The number of carbonyl (C=O) groups is 1. The molecule has 2 aromatic carbocycles. The Morgan fingerprint density at radius 2 is 1.67 bits per heavy atom. The van der Waals surface area contributed by atoms with E-state index in [1.165, 1.54) is 4.90 Å². The molecule has 1 amide bonds. The van der Waals surface area contributed by atoms with Gasteiger partial charge in [-0.1, -0.05) is 18.2 Å². The van der Waals surface area contributed by atoms with E-state index in [0.29, 0.717) is 22.5 Å². The van der Waals surface area contributed by atoms with Crippen LogP contribution in [-0.4, -0.2) is 50.7 Å². The van der Waals surface area contributed by atoms with Crippen LogP contribution < -0.4 is 9.47 Å². The predicted molar refractivity (Wildman–Crippen MR) is 94.4 cm³/mol. The highest BCUT2D eigenvalue weighted by Crippen LogP contribution is 2.29. The van der Waals surface area contributed by atoms with Crippen LogP contribution in [-0.2, 0) is 6.54 Å². The first-order valence-corrected chi connectivity index (χ1v) is 7.80. The molecule has 0 aromatic heterocycles. The fourth-order valence-corrected chi connectivity index (χ4v) is 2.16. The summed E-state index contributed by atoms with van der Waals surface area (Å²) in [6, 6.07) is 15.1. The summed E-state index contributed by atoms with van der Waals surface area (Å²) < 4.78 is 12.1. The zero-order valence-electron chi connectivity index (χ0n) is 14.9. The molecule has 128 valence electrons. The van der Waals surface area contributed by atoms with Crippen molar-refractivity contribution >= 4 is 6.09 Å². The van der Waals surface area contributed by atoms with E-state index in [-0.39, 0.29) is 0 Å². The molecule has 5 nitrogen and oxygen atoms in total. The molecule has 0 spiro atoms. The van der Waals surface area contributed by atoms with Crippen molar-refractivity contribution in [3.8, 4) is 17.2 Å². The Morgan fingerprint density at radius 1 is 1.00 bits per heavy atom. The maximum absolute atomic E-state index is 11.9. The second kappa shape index (κ2) is 7.36. The summed E-state index contributed by atoms with van der Waals surface area (Å²) in [5.41, 5.74) is 0.922. The molecule has 0 unspecified atom stereocenters. The van der Waals surface area contributed by atoms with E-state index in [2.05, 4.69) is 21.1 Å². The minimum absolute atomic E-state index is 0.394. The van der Waals surface area contributed by atoms with Gasteiger partial charge in [-0.05, 0) is 30.3 Å². The van der Waals surface area contributed by atoms with Gasteiger partial charge in [0.25, 0.3) is 0 Å². The first-order valence-electron chi connectivity index (χ1n) is 7.80. The van der Waals surface area contributed by atoms with E-state index >= 15 is 0 Å². The van der Waals surface area contributed by atoms with Crippen molar-refractivity contribution in [1.29, 1.82) is 0 Å². The topological polar surface area (TPSA) is 38.8 Å². The fraction of sp³-hybridized carbons (Fsp3) is 0.316. The van der Waals surface area contributed by atoms with Crippen molar-refractivity contribution in [2.24, 2.45) is 0 Å². The summed E-state index contributed by atoms with van der Waals surface area (Å²) in [7, 11) is 9.58. The predicted octanol–water partition coefficient (Wildman–Crippen LogP) is 3.75. The zero-order valence-corrected chi connectivity index (χ0v) is 14.9. The minimum Gasteiger partial charge on any atom is -0.457 e. The molecule has 0 radical (unpaired) electrons. The second-order valence-electron chi connectivity index (χ2n) is 6.90. The summed E-state index contributed by atoms with van der Waals surface area (Å²) in [4.78, 5) is 13.3. The van der Waals surface area contributed by atoms with Crippen LogP contribution in [0.5, 0.6) is 17.2 Å². The van der Waals surface area contributed by atoms with Crippen LogP contribution in [0.3, 0.4) is 0 Å². The van der Waals surface area contributed by atoms with Gasteiger partial charge in [-0.3, -0.25) is 0 Å². The Morgan fingerprint density at radius 3 is 2.25 bits per heavy atom. The van der Waals surface area contributed by atoms with E-state index in [1.807, 2.05) is 42.5 Å². The lowest BCUT2D eigenvalue weighted by Gasteiger charge is -2.25. The van der Waals surface area contributed by atoms with Crippen molar-refractivity contribution in [2.45, 2.75) is 6.54 Å². The van der Waals surface area contributed by atoms with Crippen molar-refractivity contribution < 1.29 is 18.8 Å². The monoisotopic (exact) mass is 329 g/mol. The van der Waals surface area contributed by atoms with Crippen LogP contribution in [0.2, 0.25) is 0 Å². The number of ether oxygens (including phenoxy) is 2. The lowest BCUT2D eigenvalue weighted by Crippen LogP contribution is -2.34. The van der Waals surface area contributed by atoms with Crippen LogP contribution in [0.25, 0.3) is 0 Å². The molecule has 2 rings (SSSR count). The van der Waals surface area contributed by atoms with Gasteiger partial charge in [-0.2, -0.15) is 0 Å². The molecule has 0 bridgehead atoms. The number of hydrogen-bond acceptors (Lipinski definition) is 3.